The number of hydrogen-bond acceptors (Lipinski definition) is 7. The maximum absolute atomic E-state index is 13.2. The average molecular weight is 507 g/mol. The van der Waals surface area contributed by atoms with Crippen molar-refractivity contribution in [1.29, 1.82) is 0 Å². The van der Waals surface area contributed by atoms with Crippen LogP contribution in [0.5, 0.6) is 5.75 Å². The minimum Gasteiger partial charge on any atom is -0.497 e. The Morgan fingerprint density at radius 3 is 2.75 bits per heavy atom. The highest BCUT2D eigenvalue weighted by Crippen LogP contribution is 2.20. The van der Waals surface area contributed by atoms with E-state index in [1.807, 2.05) is 6.07 Å². The molecule has 186 valence electrons. The summed E-state index contributed by atoms with van der Waals surface area (Å²) in [5.74, 6) is 0.994. The zero-order valence-corrected chi connectivity index (χ0v) is 20.5. The van der Waals surface area contributed by atoms with E-state index < -0.39 is 0 Å². The summed E-state index contributed by atoms with van der Waals surface area (Å²) < 4.78 is 11.9. The van der Waals surface area contributed by atoms with E-state index in [0.29, 0.717) is 52.8 Å². The van der Waals surface area contributed by atoms with E-state index >= 15 is 0 Å². The number of para-hydroxylation sites is 1. The van der Waals surface area contributed by atoms with Gasteiger partial charge in [-0.3, -0.25) is 19.0 Å². The van der Waals surface area contributed by atoms with Gasteiger partial charge in [0.2, 0.25) is 11.8 Å². The van der Waals surface area contributed by atoms with Crippen molar-refractivity contribution in [2.45, 2.75) is 31.1 Å². The van der Waals surface area contributed by atoms with Gasteiger partial charge in [0.25, 0.3) is 5.56 Å². The molecule has 0 atom stereocenters. The van der Waals surface area contributed by atoms with Gasteiger partial charge in [-0.15, -0.1) is 0 Å². The Labute approximate surface area is 211 Å². The molecule has 9 nitrogen and oxygen atoms in total. The molecule has 0 radical (unpaired) electrons. The molecule has 2 heterocycles. The SMILES string of the molecule is COc1cccc(NC(=O)CSc2nc3ccccc3c(=O)n2CCCC(=O)NCc2ccco2)c1. The molecule has 0 fully saturated rings. The molecule has 0 saturated carbocycles. The molecule has 2 amide bonds. The molecule has 0 bridgehead atoms. The third-order valence-corrected chi connectivity index (χ3v) is 6.31. The Morgan fingerprint density at radius 1 is 1.08 bits per heavy atom. The molecule has 4 aromatic rings. The van der Waals surface area contributed by atoms with Gasteiger partial charge in [-0.25, -0.2) is 4.98 Å². The number of nitrogens with one attached hydrogen (secondary N) is 2. The Hall–Kier alpha value is -4.05. The van der Waals surface area contributed by atoms with Gasteiger partial charge in [0.15, 0.2) is 5.16 Å². The standard InChI is InChI=1S/C26H26N4O5S/c1-34-19-8-4-7-18(15-19)28-24(32)17-36-26-29-22-11-3-2-10-21(22)25(33)30(26)13-5-12-23(31)27-16-20-9-6-14-35-20/h2-4,6-11,14-15H,5,12-13,16-17H2,1H3,(H,27,31)(H,28,32). The highest BCUT2D eigenvalue weighted by molar-refractivity contribution is 7.99. The van der Waals surface area contributed by atoms with Crippen molar-refractivity contribution >= 4 is 40.2 Å². The smallest absolute Gasteiger partial charge is 0.262 e. The van der Waals surface area contributed by atoms with Crippen LogP contribution in [0.25, 0.3) is 10.9 Å². The van der Waals surface area contributed by atoms with E-state index in [1.165, 1.54) is 16.3 Å². The van der Waals surface area contributed by atoms with E-state index in [0.717, 1.165) is 0 Å². The highest BCUT2D eigenvalue weighted by Gasteiger charge is 2.14. The molecule has 0 saturated heterocycles. The number of aromatic nitrogens is 2. The maximum atomic E-state index is 13.2. The molecule has 36 heavy (non-hydrogen) atoms. The molecule has 0 aliphatic rings. The van der Waals surface area contributed by atoms with E-state index in [1.54, 1.807) is 68.0 Å². The van der Waals surface area contributed by atoms with Crippen LogP contribution < -0.4 is 20.9 Å². The first-order valence-corrected chi connectivity index (χ1v) is 12.4. The van der Waals surface area contributed by atoms with Gasteiger partial charge in [-0.1, -0.05) is 30.0 Å². The summed E-state index contributed by atoms with van der Waals surface area (Å²) in [4.78, 5) is 42.6. The van der Waals surface area contributed by atoms with Gasteiger partial charge in [0.05, 0.1) is 36.6 Å². The van der Waals surface area contributed by atoms with Gasteiger partial charge in [0.1, 0.15) is 11.5 Å². The number of anilines is 1. The summed E-state index contributed by atoms with van der Waals surface area (Å²) in [6.45, 7) is 0.609. The largest absolute Gasteiger partial charge is 0.497 e. The van der Waals surface area contributed by atoms with Crippen LogP contribution in [0.2, 0.25) is 0 Å². The Balaban J connectivity index is 1.42. The van der Waals surface area contributed by atoms with Crippen LogP contribution in [0, 0.1) is 0 Å². The lowest BCUT2D eigenvalue weighted by molar-refractivity contribution is -0.121. The number of hydrogen-bond donors (Lipinski definition) is 2. The van der Waals surface area contributed by atoms with Crippen LogP contribution in [0.4, 0.5) is 5.69 Å². The number of ether oxygens (including phenoxy) is 1. The summed E-state index contributed by atoms with van der Waals surface area (Å²) in [6, 6.07) is 17.7. The van der Waals surface area contributed by atoms with Crippen LogP contribution in [0.1, 0.15) is 18.6 Å². The number of carbonyl (C=O) groups is 2. The molecule has 0 unspecified atom stereocenters. The number of benzene rings is 2. The number of methoxy groups -OCH3 is 1. The first-order valence-electron chi connectivity index (χ1n) is 11.4. The maximum Gasteiger partial charge on any atom is 0.262 e. The van der Waals surface area contributed by atoms with E-state index in [2.05, 4.69) is 15.6 Å². The fourth-order valence-corrected chi connectivity index (χ4v) is 4.39. The molecule has 0 aliphatic carbocycles. The van der Waals surface area contributed by atoms with Crippen molar-refractivity contribution in [3.05, 3.63) is 83.0 Å². The number of amides is 2. The lowest BCUT2D eigenvalue weighted by Gasteiger charge is -2.13. The zero-order chi connectivity index (χ0) is 25.3. The summed E-state index contributed by atoms with van der Waals surface area (Å²) in [5.41, 5.74) is 0.974. The number of nitrogens with zero attached hydrogens (tertiary/aromatic N) is 2. The third kappa shape index (κ3) is 6.54. The second-order valence-electron chi connectivity index (χ2n) is 7.90. The monoisotopic (exact) mass is 506 g/mol. The predicted octanol–water partition coefficient (Wildman–Crippen LogP) is 3.83. The Kier molecular flexibility index (Phi) is 8.40. The van der Waals surface area contributed by atoms with Crippen molar-refractivity contribution in [3.63, 3.8) is 0 Å². The minimum absolute atomic E-state index is 0.0611. The minimum atomic E-state index is -0.237. The van der Waals surface area contributed by atoms with Crippen LogP contribution in [0.15, 0.2) is 81.3 Å². The lowest BCUT2D eigenvalue weighted by Crippen LogP contribution is -2.26. The number of thioether (sulfide) groups is 1. The van der Waals surface area contributed by atoms with Crippen LogP contribution in [-0.4, -0.2) is 34.2 Å². The number of furan rings is 1. The van der Waals surface area contributed by atoms with Crippen molar-refractivity contribution in [1.82, 2.24) is 14.9 Å². The molecular formula is C26H26N4O5S. The van der Waals surface area contributed by atoms with Gasteiger partial charge in [-0.05, 0) is 42.8 Å². The van der Waals surface area contributed by atoms with Gasteiger partial charge >= 0.3 is 0 Å². The van der Waals surface area contributed by atoms with Crippen LogP contribution in [-0.2, 0) is 22.7 Å². The summed E-state index contributed by atoms with van der Waals surface area (Å²) >= 11 is 1.18. The summed E-state index contributed by atoms with van der Waals surface area (Å²) in [7, 11) is 1.56. The highest BCUT2D eigenvalue weighted by atomic mass is 32.2. The van der Waals surface area contributed by atoms with Gasteiger partial charge < -0.3 is 19.8 Å². The first kappa shape index (κ1) is 25.1. The second kappa shape index (κ2) is 12.1. The molecule has 10 heteroatoms. The molecule has 2 N–H and O–H groups in total. The number of rotatable bonds is 11. The molecular weight excluding hydrogens is 480 g/mol. The molecule has 0 aliphatic heterocycles. The second-order valence-corrected chi connectivity index (χ2v) is 8.84. The van der Waals surface area contributed by atoms with E-state index in [4.69, 9.17) is 9.15 Å². The van der Waals surface area contributed by atoms with E-state index in [9.17, 15) is 14.4 Å². The summed E-state index contributed by atoms with van der Waals surface area (Å²) in [6.07, 6.45) is 2.23. The number of fused-ring (bicyclic) bond motifs is 1. The zero-order valence-electron chi connectivity index (χ0n) is 19.7. The fourth-order valence-electron chi connectivity index (χ4n) is 3.57. The average Bonchev–Trinajstić information content (AvgIpc) is 3.42. The Morgan fingerprint density at radius 2 is 1.94 bits per heavy atom. The quantitative estimate of drug-likeness (QED) is 0.235. The van der Waals surface area contributed by atoms with Gasteiger partial charge in [-0.2, -0.15) is 0 Å². The lowest BCUT2D eigenvalue weighted by atomic mass is 10.2. The van der Waals surface area contributed by atoms with E-state index in [-0.39, 0.29) is 29.5 Å². The van der Waals surface area contributed by atoms with Crippen LogP contribution >= 0.6 is 11.8 Å². The predicted molar refractivity (Wildman–Crippen MR) is 138 cm³/mol. The Bertz CT molecular complexity index is 1400. The molecule has 2 aromatic heterocycles. The van der Waals surface area contributed by atoms with Crippen LogP contribution in [0.3, 0.4) is 0 Å². The normalized spacial score (nSPS) is 10.8. The third-order valence-electron chi connectivity index (χ3n) is 5.34. The van der Waals surface area contributed by atoms with Crippen molar-refractivity contribution < 1.29 is 18.7 Å². The molecule has 0 spiro atoms. The topological polar surface area (TPSA) is 115 Å². The van der Waals surface area contributed by atoms with Crippen molar-refractivity contribution in [3.8, 4) is 5.75 Å². The van der Waals surface area contributed by atoms with Crippen molar-refractivity contribution in [2.24, 2.45) is 0 Å². The first-order chi connectivity index (χ1) is 17.5. The molecule has 4 rings (SSSR count). The summed E-state index contributed by atoms with van der Waals surface area (Å²) in [5, 5.41) is 6.54. The molecule has 2 aromatic carbocycles. The number of carbonyl (C=O) groups excluding carboxylic acids is 2. The van der Waals surface area contributed by atoms with Gasteiger partial charge in [0, 0.05) is 24.7 Å². The van der Waals surface area contributed by atoms with Crippen molar-refractivity contribution in [2.75, 3.05) is 18.2 Å². The fraction of sp³-hybridized carbons (Fsp3) is 0.231.